The van der Waals surface area contributed by atoms with Crippen molar-refractivity contribution in [1.29, 1.82) is 0 Å². The zero-order chi connectivity index (χ0) is 23.0. The van der Waals surface area contributed by atoms with Crippen LogP contribution in [0.1, 0.15) is 52.7 Å². The van der Waals surface area contributed by atoms with Crippen LogP contribution >= 0.6 is 0 Å². The molecule has 2 heterocycles. The molecule has 7 heteroatoms. The minimum atomic E-state index is -1.03. The second-order valence-corrected chi connectivity index (χ2v) is 8.23. The number of carbonyl (C=O) groups excluding carboxylic acids is 1. The van der Waals surface area contributed by atoms with Crippen LogP contribution < -0.4 is 11.3 Å². The van der Waals surface area contributed by atoms with E-state index in [1.54, 1.807) is 23.6 Å². The summed E-state index contributed by atoms with van der Waals surface area (Å²) in [6.45, 7) is 3.91. The van der Waals surface area contributed by atoms with Crippen molar-refractivity contribution in [3.63, 3.8) is 0 Å². The molecule has 0 radical (unpaired) electrons. The monoisotopic (exact) mass is 434 g/mol. The highest BCUT2D eigenvalue weighted by atomic mass is 16.5. The molecule has 0 spiro atoms. The zero-order valence-electron chi connectivity index (χ0n) is 18.1. The number of rotatable bonds is 7. The molecule has 0 bridgehead atoms. The SMILES string of the molecule is CCOC(=O)c1cc(C2CC2)c2c(C)c(-c3ccc(CC(N)C(=O)O)cc3)ccn2c1=O. The van der Waals surface area contributed by atoms with Crippen molar-refractivity contribution < 1.29 is 19.4 Å². The second-order valence-electron chi connectivity index (χ2n) is 8.23. The largest absolute Gasteiger partial charge is 0.480 e. The van der Waals surface area contributed by atoms with E-state index in [1.165, 1.54) is 0 Å². The number of ether oxygens (including phenoxy) is 1. The molecule has 7 nitrogen and oxygen atoms in total. The average Bonchev–Trinajstić information content (AvgIpc) is 3.60. The Balaban J connectivity index is 1.80. The Bertz CT molecular complexity index is 1260. The molecule has 3 N–H and O–H groups in total. The quantitative estimate of drug-likeness (QED) is 0.552. The molecule has 0 aliphatic heterocycles. The van der Waals surface area contributed by atoms with Crippen LogP contribution in [0.4, 0.5) is 0 Å². The van der Waals surface area contributed by atoms with E-state index in [0.717, 1.165) is 46.2 Å². The van der Waals surface area contributed by atoms with Crippen molar-refractivity contribution in [2.45, 2.75) is 45.1 Å². The first kappa shape index (κ1) is 21.8. The van der Waals surface area contributed by atoms with Crippen molar-refractivity contribution in [2.75, 3.05) is 6.61 Å². The number of aliphatic carboxylic acids is 1. The maximum Gasteiger partial charge on any atom is 0.343 e. The summed E-state index contributed by atoms with van der Waals surface area (Å²) in [6.07, 6.45) is 4.02. The number of aromatic nitrogens is 1. The molecule has 0 amide bonds. The number of hydrogen-bond donors (Lipinski definition) is 2. The van der Waals surface area contributed by atoms with Crippen LogP contribution in [0, 0.1) is 6.92 Å². The van der Waals surface area contributed by atoms with E-state index >= 15 is 0 Å². The molecule has 3 aromatic rings. The number of carboxylic acid groups (broad SMARTS) is 1. The Hall–Kier alpha value is -3.45. The van der Waals surface area contributed by atoms with Gasteiger partial charge in [0.15, 0.2) is 0 Å². The van der Waals surface area contributed by atoms with Gasteiger partial charge in [0.05, 0.1) is 12.1 Å². The first-order chi connectivity index (χ1) is 15.3. The summed E-state index contributed by atoms with van der Waals surface area (Å²) in [6, 6.07) is 10.3. The van der Waals surface area contributed by atoms with Crippen LogP contribution in [-0.2, 0) is 16.0 Å². The lowest BCUT2D eigenvalue weighted by Crippen LogP contribution is -2.32. The fourth-order valence-electron chi connectivity index (χ4n) is 4.13. The molecule has 2 aromatic heterocycles. The first-order valence-corrected chi connectivity index (χ1v) is 10.8. The number of esters is 1. The molecule has 32 heavy (non-hydrogen) atoms. The fraction of sp³-hybridized carbons (Fsp3) is 0.320. The van der Waals surface area contributed by atoms with Gasteiger partial charge in [-0.05, 0) is 79.0 Å². The highest BCUT2D eigenvalue weighted by molar-refractivity contribution is 5.91. The molecule has 1 saturated carbocycles. The number of fused-ring (bicyclic) bond motifs is 1. The van der Waals surface area contributed by atoms with Gasteiger partial charge >= 0.3 is 11.9 Å². The maximum atomic E-state index is 13.0. The Labute approximate surface area is 185 Å². The molecule has 1 aromatic carbocycles. The lowest BCUT2D eigenvalue weighted by atomic mass is 9.95. The standard InChI is InChI=1S/C25H26N2O5/c1-3-32-25(31)20-13-19(17-8-9-17)22-14(2)18(10-11-27(22)23(20)28)16-6-4-15(5-7-16)12-21(26)24(29)30/h4-7,10-11,13,17,21H,3,8-9,12,26H2,1-2H3,(H,29,30). The van der Waals surface area contributed by atoms with Crippen molar-refractivity contribution in [2.24, 2.45) is 5.73 Å². The highest BCUT2D eigenvalue weighted by Crippen LogP contribution is 2.43. The van der Waals surface area contributed by atoms with Crippen LogP contribution in [0.5, 0.6) is 0 Å². The lowest BCUT2D eigenvalue weighted by molar-refractivity contribution is -0.138. The minimum absolute atomic E-state index is 0.0672. The van der Waals surface area contributed by atoms with E-state index in [4.69, 9.17) is 15.6 Å². The normalized spacial score (nSPS) is 14.3. The number of benzene rings is 1. The van der Waals surface area contributed by atoms with Gasteiger partial charge in [0.2, 0.25) is 0 Å². The van der Waals surface area contributed by atoms with Crippen molar-refractivity contribution in [1.82, 2.24) is 4.40 Å². The third-order valence-electron chi connectivity index (χ3n) is 5.96. The molecule has 1 fully saturated rings. The van der Waals surface area contributed by atoms with Gasteiger partial charge in [-0.15, -0.1) is 0 Å². The summed E-state index contributed by atoms with van der Waals surface area (Å²) < 4.78 is 6.65. The highest BCUT2D eigenvalue weighted by Gasteiger charge is 2.29. The Morgan fingerprint density at radius 1 is 1.22 bits per heavy atom. The molecule has 0 saturated heterocycles. The first-order valence-electron chi connectivity index (χ1n) is 10.8. The van der Waals surface area contributed by atoms with Gasteiger partial charge in [-0.1, -0.05) is 24.3 Å². The fourth-order valence-corrected chi connectivity index (χ4v) is 4.13. The van der Waals surface area contributed by atoms with Gasteiger partial charge in [0, 0.05) is 6.20 Å². The van der Waals surface area contributed by atoms with Gasteiger partial charge in [0.25, 0.3) is 5.56 Å². The van der Waals surface area contributed by atoms with Gasteiger partial charge in [-0.25, -0.2) is 4.79 Å². The van der Waals surface area contributed by atoms with Gasteiger partial charge in [-0.3, -0.25) is 14.0 Å². The van der Waals surface area contributed by atoms with Crippen molar-refractivity contribution >= 4 is 17.5 Å². The van der Waals surface area contributed by atoms with Crippen LogP contribution in [0.3, 0.4) is 0 Å². The number of carbonyl (C=O) groups is 2. The molecule has 1 atom stereocenters. The van der Waals surface area contributed by atoms with Crippen molar-refractivity contribution in [3.8, 4) is 11.1 Å². The molecule has 1 aliphatic rings. The smallest absolute Gasteiger partial charge is 0.343 e. The summed E-state index contributed by atoms with van der Waals surface area (Å²) in [7, 11) is 0. The van der Waals surface area contributed by atoms with Gasteiger partial charge < -0.3 is 15.6 Å². The molecular weight excluding hydrogens is 408 g/mol. The van der Waals surface area contributed by atoms with E-state index in [1.807, 2.05) is 37.3 Å². The van der Waals surface area contributed by atoms with E-state index < -0.39 is 18.0 Å². The number of pyridine rings is 2. The van der Waals surface area contributed by atoms with E-state index in [2.05, 4.69) is 0 Å². The number of carboxylic acids is 1. The maximum absolute atomic E-state index is 13.0. The topological polar surface area (TPSA) is 111 Å². The lowest BCUT2D eigenvalue weighted by Gasteiger charge is -2.16. The van der Waals surface area contributed by atoms with E-state index in [9.17, 15) is 14.4 Å². The van der Waals surface area contributed by atoms with Gasteiger partial charge in [0.1, 0.15) is 11.6 Å². The molecule has 166 valence electrons. The zero-order valence-corrected chi connectivity index (χ0v) is 18.1. The summed E-state index contributed by atoms with van der Waals surface area (Å²) in [4.78, 5) is 36.4. The third-order valence-corrected chi connectivity index (χ3v) is 5.96. The number of hydrogen-bond acceptors (Lipinski definition) is 5. The van der Waals surface area contributed by atoms with E-state index in [0.29, 0.717) is 5.92 Å². The Morgan fingerprint density at radius 3 is 2.50 bits per heavy atom. The molecule has 1 unspecified atom stereocenters. The van der Waals surface area contributed by atoms with Crippen LogP contribution in [0.25, 0.3) is 16.6 Å². The predicted octanol–water partition coefficient (Wildman–Crippen LogP) is 3.28. The summed E-state index contributed by atoms with van der Waals surface area (Å²) in [5.41, 5.74) is 10.9. The molecule has 1 aliphatic carbocycles. The third kappa shape index (κ3) is 4.03. The number of aryl methyl sites for hydroxylation is 1. The molecular formula is C25H26N2O5. The summed E-state index contributed by atoms with van der Waals surface area (Å²) in [5.74, 6) is -1.29. The second kappa shape index (κ2) is 8.59. The van der Waals surface area contributed by atoms with Crippen molar-refractivity contribution in [3.05, 3.63) is 75.2 Å². The average molecular weight is 434 g/mol. The van der Waals surface area contributed by atoms with Crippen LogP contribution in [0.15, 0.2) is 47.4 Å². The number of nitrogens with two attached hydrogens (primary N) is 1. The summed E-state index contributed by atoms with van der Waals surface area (Å²) >= 11 is 0. The van der Waals surface area contributed by atoms with Gasteiger partial charge in [-0.2, -0.15) is 0 Å². The Kier molecular flexibility index (Phi) is 5.84. The predicted molar refractivity (Wildman–Crippen MR) is 121 cm³/mol. The number of nitrogens with zero attached hydrogens (tertiary/aromatic N) is 1. The van der Waals surface area contributed by atoms with Crippen LogP contribution in [0.2, 0.25) is 0 Å². The Morgan fingerprint density at radius 2 is 1.91 bits per heavy atom. The summed E-state index contributed by atoms with van der Waals surface area (Å²) in [5, 5.41) is 9.01. The van der Waals surface area contributed by atoms with Crippen LogP contribution in [-0.4, -0.2) is 34.1 Å². The minimum Gasteiger partial charge on any atom is -0.480 e. The van der Waals surface area contributed by atoms with E-state index in [-0.39, 0.29) is 24.2 Å². The molecule has 4 rings (SSSR count).